The number of alkyl carbamates (subject to hydrolysis) is 1. The SMILES string of the molecule is CC(C)(C)OC(=O)NCCC(=O)N=C1S[C@@H]2CS(=O)(=O)C[C@H]2N1c1ccccc1. The van der Waals surface area contributed by atoms with Crippen molar-refractivity contribution in [2.75, 3.05) is 23.0 Å². The van der Waals surface area contributed by atoms with Gasteiger partial charge in [-0.3, -0.25) is 4.79 Å². The summed E-state index contributed by atoms with van der Waals surface area (Å²) in [6, 6.07) is 9.11. The van der Waals surface area contributed by atoms with Crippen LogP contribution in [-0.4, -0.2) is 60.5 Å². The van der Waals surface area contributed by atoms with Gasteiger partial charge in [0.15, 0.2) is 15.0 Å². The monoisotopic (exact) mass is 439 g/mol. The summed E-state index contributed by atoms with van der Waals surface area (Å²) in [5.74, 6) is -0.251. The number of ether oxygens (including phenoxy) is 1. The number of fused-ring (bicyclic) bond motifs is 1. The fourth-order valence-electron chi connectivity index (χ4n) is 3.20. The highest BCUT2D eigenvalue weighted by Crippen LogP contribution is 2.40. The molecule has 2 saturated heterocycles. The van der Waals surface area contributed by atoms with Crippen LogP contribution in [0.5, 0.6) is 0 Å². The molecule has 2 atom stereocenters. The number of para-hydroxylation sites is 1. The Morgan fingerprint density at radius 2 is 1.93 bits per heavy atom. The Kier molecular flexibility index (Phi) is 6.23. The van der Waals surface area contributed by atoms with E-state index in [0.717, 1.165) is 5.69 Å². The fourth-order valence-corrected chi connectivity index (χ4v) is 7.13. The van der Waals surface area contributed by atoms with Gasteiger partial charge in [-0.2, -0.15) is 4.99 Å². The molecule has 2 heterocycles. The average Bonchev–Trinajstić information content (AvgIpc) is 3.04. The summed E-state index contributed by atoms with van der Waals surface area (Å²) in [5.41, 5.74) is 0.200. The third-order valence-electron chi connectivity index (χ3n) is 4.33. The van der Waals surface area contributed by atoms with Gasteiger partial charge in [0.1, 0.15) is 5.60 Å². The zero-order valence-electron chi connectivity index (χ0n) is 16.6. The second kappa shape index (κ2) is 8.35. The molecule has 0 aromatic heterocycles. The number of thioether (sulfide) groups is 1. The van der Waals surface area contributed by atoms with Crippen LogP contribution in [0.15, 0.2) is 35.3 Å². The standard InChI is InChI=1S/C19H25N3O5S2/c1-19(2,3)27-18(24)20-10-9-16(23)21-17-22(13-7-5-4-6-8-13)14-11-29(25,26)12-15(14)28-17/h4-8,14-15H,9-12H2,1-3H3,(H,20,24)/t14-,15-/m1/s1. The molecule has 2 fully saturated rings. The molecule has 0 aliphatic carbocycles. The molecule has 0 unspecified atom stereocenters. The lowest BCUT2D eigenvalue weighted by atomic mass is 10.2. The van der Waals surface area contributed by atoms with Crippen LogP contribution in [0, 0.1) is 0 Å². The van der Waals surface area contributed by atoms with Crippen molar-refractivity contribution >= 4 is 44.5 Å². The van der Waals surface area contributed by atoms with Crippen molar-refractivity contribution in [1.82, 2.24) is 5.32 Å². The van der Waals surface area contributed by atoms with E-state index >= 15 is 0 Å². The highest BCUT2D eigenvalue weighted by molar-refractivity contribution is 8.16. The largest absolute Gasteiger partial charge is 0.444 e. The van der Waals surface area contributed by atoms with E-state index in [4.69, 9.17) is 4.74 Å². The van der Waals surface area contributed by atoms with Crippen molar-refractivity contribution < 1.29 is 22.7 Å². The Bertz CT molecular complexity index is 910. The van der Waals surface area contributed by atoms with E-state index in [2.05, 4.69) is 10.3 Å². The molecule has 29 heavy (non-hydrogen) atoms. The molecule has 0 spiro atoms. The number of hydrogen-bond acceptors (Lipinski definition) is 6. The van der Waals surface area contributed by atoms with Gasteiger partial charge in [-0.25, -0.2) is 13.2 Å². The van der Waals surface area contributed by atoms with Crippen molar-refractivity contribution in [1.29, 1.82) is 0 Å². The van der Waals surface area contributed by atoms with E-state index in [1.807, 2.05) is 35.2 Å². The Morgan fingerprint density at radius 1 is 1.24 bits per heavy atom. The molecule has 1 aromatic carbocycles. The molecule has 8 nitrogen and oxygen atoms in total. The van der Waals surface area contributed by atoms with Gasteiger partial charge in [0.05, 0.1) is 17.5 Å². The summed E-state index contributed by atoms with van der Waals surface area (Å²) in [4.78, 5) is 30.1. The summed E-state index contributed by atoms with van der Waals surface area (Å²) >= 11 is 1.33. The molecule has 10 heteroatoms. The van der Waals surface area contributed by atoms with E-state index in [-0.39, 0.29) is 41.7 Å². The number of nitrogens with zero attached hydrogens (tertiary/aromatic N) is 2. The van der Waals surface area contributed by atoms with Gasteiger partial charge in [-0.15, -0.1) is 0 Å². The van der Waals surface area contributed by atoms with E-state index < -0.39 is 21.5 Å². The van der Waals surface area contributed by atoms with Crippen molar-refractivity contribution in [2.24, 2.45) is 4.99 Å². The summed E-state index contributed by atoms with van der Waals surface area (Å²) in [7, 11) is -3.10. The second-order valence-corrected chi connectivity index (χ2v) is 11.3. The third-order valence-corrected chi connectivity index (χ3v) is 7.54. The highest BCUT2D eigenvalue weighted by atomic mass is 32.2. The number of nitrogens with one attached hydrogen (secondary N) is 1. The van der Waals surface area contributed by atoms with Gasteiger partial charge in [-0.05, 0) is 32.9 Å². The molecule has 3 rings (SSSR count). The Labute approximate surface area is 175 Å². The number of sulfone groups is 1. The maximum atomic E-state index is 12.4. The number of benzene rings is 1. The molecule has 158 valence electrons. The first-order valence-corrected chi connectivity index (χ1v) is 12.0. The summed E-state index contributed by atoms with van der Waals surface area (Å²) in [5, 5.41) is 2.89. The molecule has 1 N–H and O–H groups in total. The summed E-state index contributed by atoms with van der Waals surface area (Å²) in [6.07, 6.45) is -0.557. The minimum atomic E-state index is -3.10. The van der Waals surface area contributed by atoms with Gasteiger partial charge in [0.2, 0.25) is 5.91 Å². The number of carbonyl (C=O) groups excluding carboxylic acids is 2. The van der Waals surface area contributed by atoms with Crippen LogP contribution in [0.1, 0.15) is 27.2 Å². The van der Waals surface area contributed by atoms with Crippen LogP contribution in [-0.2, 0) is 19.4 Å². The highest BCUT2D eigenvalue weighted by Gasteiger charge is 2.49. The average molecular weight is 440 g/mol. The smallest absolute Gasteiger partial charge is 0.407 e. The van der Waals surface area contributed by atoms with Crippen molar-refractivity contribution in [3.63, 3.8) is 0 Å². The van der Waals surface area contributed by atoms with E-state index in [1.165, 1.54) is 11.8 Å². The summed E-state index contributed by atoms with van der Waals surface area (Å²) in [6.45, 7) is 5.39. The van der Waals surface area contributed by atoms with E-state index in [1.54, 1.807) is 20.8 Å². The van der Waals surface area contributed by atoms with Gasteiger partial charge in [0.25, 0.3) is 0 Å². The molecule has 0 radical (unpaired) electrons. The Hall–Kier alpha value is -2.07. The fraction of sp³-hybridized carbons (Fsp3) is 0.526. The normalized spacial score (nSPS) is 24.4. The topological polar surface area (TPSA) is 105 Å². The van der Waals surface area contributed by atoms with Crippen LogP contribution >= 0.6 is 11.8 Å². The lowest BCUT2D eigenvalue weighted by Crippen LogP contribution is -2.37. The van der Waals surface area contributed by atoms with Crippen LogP contribution < -0.4 is 10.2 Å². The molecule has 1 aromatic rings. The predicted molar refractivity (Wildman–Crippen MR) is 114 cm³/mol. The molecule has 0 bridgehead atoms. The Morgan fingerprint density at radius 3 is 2.59 bits per heavy atom. The first-order valence-electron chi connectivity index (χ1n) is 9.34. The third kappa shape index (κ3) is 5.72. The number of rotatable bonds is 4. The molecule has 2 amide bonds. The number of aliphatic imine (C=N–C) groups is 1. The van der Waals surface area contributed by atoms with Gasteiger partial charge >= 0.3 is 6.09 Å². The molecule has 2 aliphatic heterocycles. The van der Waals surface area contributed by atoms with Crippen LogP contribution in [0.25, 0.3) is 0 Å². The zero-order valence-corrected chi connectivity index (χ0v) is 18.3. The van der Waals surface area contributed by atoms with Crippen LogP contribution in [0.3, 0.4) is 0 Å². The van der Waals surface area contributed by atoms with Gasteiger partial charge in [0, 0.05) is 23.9 Å². The van der Waals surface area contributed by atoms with E-state index in [9.17, 15) is 18.0 Å². The lowest BCUT2D eigenvalue weighted by molar-refractivity contribution is -0.117. The molecule has 2 aliphatic rings. The van der Waals surface area contributed by atoms with Gasteiger partial charge in [-0.1, -0.05) is 30.0 Å². The van der Waals surface area contributed by atoms with Crippen molar-refractivity contribution in [2.45, 2.75) is 44.1 Å². The maximum absolute atomic E-state index is 12.4. The molecular formula is C19H25N3O5S2. The molecule has 0 saturated carbocycles. The van der Waals surface area contributed by atoms with Crippen LogP contribution in [0.4, 0.5) is 10.5 Å². The number of anilines is 1. The van der Waals surface area contributed by atoms with Crippen LogP contribution in [0.2, 0.25) is 0 Å². The minimum absolute atomic E-state index is 0.0273. The number of carbonyl (C=O) groups is 2. The summed E-state index contributed by atoms with van der Waals surface area (Å²) < 4.78 is 29.2. The number of amidine groups is 1. The minimum Gasteiger partial charge on any atom is -0.444 e. The predicted octanol–water partition coefficient (Wildman–Crippen LogP) is 2.20. The first kappa shape index (κ1) is 21.6. The zero-order chi connectivity index (χ0) is 21.2. The lowest BCUT2D eigenvalue weighted by Gasteiger charge is -2.24. The number of amides is 2. The first-order chi connectivity index (χ1) is 13.5. The van der Waals surface area contributed by atoms with Crippen molar-refractivity contribution in [3.8, 4) is 0 Å². The second-order valence-electron chi connectivity index (χ2n) is 7.97. The van der Waals surface area contributed by atoms with Crippen molar-refractivity contribution in [3.05, 3.63) is 30.3 Å². The maximum Gasteiger partial charge on any atom is 0.407 e. The van der Waals surface area contributed by atoms with Gasteiger partial charge < -0.3 is 15.0 Å². The van der Waals surface area contributed by atoms with E-state index in [0.29, 0.717) is 5.17 Å². The quantitative estimate of drug-likeness (QED) is 0.767. The number of hydrogen-bond donors (Lipinski definition) is 1. The Balaban J connectivity index is 1.67. The molecular weight excluding hydrogens is 414 g/mol.